The highest BCUT2D eigenvalue weighted by atomic mass is 16.2. The van der Waals surface area contributed by atoms with E-state index in [1.165, 1.54) is 4.90 Å². The second-order valence-electron chi connectivity index (χ2n) is 4.90. The van der Waals surface area contributed by atoms with Crippen molar-refractivity contribution in [2.24, 2.45) is 5.92 Å². The Morgan fingerprint density at radius 2 is 2.12 bits per heavy atom. The van der Waals surface area contributed by atoms with Crippen LogP contribution < -0.4 is 5.32 Å². The molecule has 4 heteroatoms. The Hall–Kier alpha value is -1.32. The molecule has 96 valence electrons. The largest absolute Gasteiger partial charge is 0.352 e. The number of nitrogens with one attached hydrogen (secondary N) is 1. The van der Waals surface area contributed by atoms with E-state index in [0.29, 0.717) is 0 Å². The van der Waals surface area contributed by atoms with Crippen molar-refractivity contribution in [2.45, 2.75) is 39.2 Å². The summed E-state index contributed by atoms with van der Waals surface area (Å²) in [6, 6.07) is 0.114. The van der Waals surface area contributed by atoms with Gasteiger partial charge in [0, 0.05) is 19.0 Å². The van der Waals surface area contributed by atoms with E-state index in [2.05, 4.69) is 11.4 Å². The molecule has 1 N–H and O–H groups in total. The first kappa shape index (κ1) is 13.7. The zero-order valence-electron chi connectivity index (χ0n) is 10.9. The molecule has 1 aliphatic carbocycles. The lowest BCUT2D eigenvalue weighted by molar-refractivity contribution is -0.138. The van der Waals surface area contributed by atoms with Crippen molar-refractivity contribution < 1.29 is 9.59 Å². The van der Waals surface area contributed by atoms with E-state index in [1.807, 2.05) is 19.9 Å². The normalized spacial score (nSPS) is 19.2. The number of rotatable bonds is 4. The molecule has 1 rings (SSSR count). The lowest BCUT2D eigenvalue weighted by Gasteiger charge is -2.24. The number of nitrogens with zero attached hydrogens (tertiary/aromatic N) is 1. The van der Waals surface area contributed by atoms with Gasteiger partial charge in [0.25, 0.3) is 0 Å². The van der Waals surface area contributed by atoms with Gasteiger partial charge in [-0.25, -0.2) is 0 Å². The standard InChI is InChI=1S/C13H22N2O2/c1-10(2)14-12(16)9-15(3)13(17)11-7-5-4-6-8-11/h4-5,10-11H,6-9H2,1-3H3,(H,14,16). The molecule has 0 fully saturated rings. The van der Waals surface area contributed by atoms with Gasteiger partial charge in [0.1, 0.15) is 0 Å². The molecular formula is C13H22N2O2. The zero-order valence-corrected chi connectivity index (χ0v) is 10.9. The average Bonchev–Trinajstić information content (AvgIpc) is 2.28. The summed E-state index contributed by atoms with van der Waals surface area (Å²) in [4.78, 5) is 25.1. The minimum atomic E-state index is -0.0952. The van der Waals surface area contributed by atoms with Crippen LogP contribution in [0.5, 0.6) is 0 Å². The number of carbonyl (C=O) groups is 2. The van der Waals surface area contributed by atoms with Gasteiger partial charge in [-0.2, -0.15) is 0 Å². The van der Waals surface area contributed by atoms with Crippen LogP contribution in [-0.2, 0) is 9.59 Å². The number of hydrogen-bond acceptors (Lipinski definition) is 2. The minimum absolute atomic E-state index is 0.0526. The molecule has 1 aliphatic rings. The molecule has 0 heterocycles. The second-order valence-corrected chi connectivity index (χ2v) is 4.90. The first-order chi connectivity index (χ1) is 8.00. The van der Waals surface area contributed by atoms with Gasteiger partial charge in [-0.05, 0) is 33.1 Å². The van der Waals surface area contributed by atoms with Gasteiger partial charge in [-0.15, -0.1) is 0 Å². The van der Waals surface area contributed by atoms with Gasteiger partial charge >= 0.3 is 0 Å². The van der Waals surface area contributed by atoms with Crippen LogP contribution >= 0.6 is 0 Å². The van der Waals surface area contributed by atoms with Crippen LogP contribution in [0.4, 0.5) is 0 Å². The maximum atomic E-state index is 12.0. The summed E-state index contributed by atoms with van der Waals surface area (Å²) in [5.74, 6) is 0.0345. The quantitative estimate of drug-likeness (QED) is 0.751. The van der Waals surface area contributed by atoms with Gasteiger partial charge in [-0.3, -0.25) is 9.59 Å². The topological polar surface area (TPSA) is 49.4 Å². The molecule has 1 atom stereocenters. The van der Waals surface area contributed by atoms with Crippen molar-refractivity contribution in [2.75, 3.05) is 13.6 Å². The average molecular weight is 238 g/mol. The molecule has 1 unspecified atom stereocenters. The van der Waals surface area contributed by atoms with Crippen LogP contribution in [0, 0.1) is 5.92 Å². The first-order valence-electron chi connectivity index (χ1n) is 6.20. The first-order valence-corrected chi connectivity index (χ1v) is 6.20. The molecule has 0 aromatic rings. The van der Waals surface area contributed by atoms with Gasteiger partial charge in [-0.1, -0.05) is 12.2 Å². The highest BCUT2D eigenvalue weighted by Gasteiger charge is 2.23. The van der Waals surface area contributed by atoms with Crippen molar-refractivity contribution in [3.05, 3.63) is 12.2 Å². The third kappa shape index (κ3) is 4.59. The van der Waals surface area contributed by atoms with Crippen LogP contribution in [0.2, 0.25) is 0 Å². The van der Waals surface area contributed by atoms with E-state index in [4.69, 9.17) is 0 Å². The van der Waals surface area contributed by atoms with Crippen LogP contribution in [0.25, 0.3) is 0 Å². The summed E-state index contributed by atoms with van der Waals surface area (Å²) in [5, 5.41) is 2.78. The third-order valence-electron chi connectivity index (χ3n) is 2.82. The fourth-order valence-electron chi connectivity index (χ4n) is 1.99. The SMILES string of the molecule is CC(C)NC(=O)CN(C)C(=O)C1CC=CCC1. The van der Waals surface area contributed by atoms with Gasteiger partial charge in [0.2, 0.25) is 11.8 Å². The van der Waals surface area contributed by atoms with Crippen LogP contribution in [-0.4, -0.2) is 36.3 Å². The predicted octanol–water partition coefficient (Wildman–Crippen LogP) is 1.33. The maximum Gasteiger partial charge on any atom is 0.239 e. The van der Waals surface area contributed by atoms with E-state index in [0.717, 1.165) is 19.3 Å². The third-order valence-corrected chi connectivity index (χ3v) is 2.82. The molecule has 0 spiro atoms. The fraction of sp³-hybridized carbons (Fsp3) is 0.692. The Bertz CT molecular complexity index is 311. The van der Waals surface area contributed by atoms with Gasteiger partial charge in [0.15, 0.2) is 0 Å². The molecule has 0 radical (unpaired) electrons. The van der Waals surface area contributed by atoms with E-state index < -0.39 is 0 Å². The van der Waals surface area contributed by atoms with Crippen molar-refractivity contribution in [1.82, 2.24) is 10.2 Å². The van der Waals surface area contributed by atoms with E-state index in [1.54, 1.807) is 7.05 Å². The smallest absolute Gasteiger partial charge is 0.239 e. The molecule has 4 nitrogen and oxygen atoms in total. The summed E-state index contributed by atoms with van der Waals surface area (Å²) >= 11 is 0. The highest BCUT2D eigenvalue weighted by Crippen LogP contribution is 2.19. The van der Waals surface area contributed by atoms with Crippen molar-refractivity contribution in [3.63, 3.8) is 0 Å². The summed E-state index contributed by atoms with van der Waals surface area (Å²) < 4.78 is 0. The van der Waals surface area contributed by atoms with Crippen LogP contribution in [0.3, 0.4) is 0 Å². The van der Waals surface area contributed by atoms with Crippen molar-refractivity contribution in [1.29, 1.82) is 0 Å². The molecule has 17 heavy (non-hydrogen) atoms. The van der Waals surface area contributed by atoms with Crippen molar-refractivity contribution in [3.8, 4) is 0 Å². The minimum Gasteiger partial charge on any atom is -0.352 e. The number of amides is 2. The van der Waals surface area contributed by atoms with Crippen LogP contribution in [0.1, 0.15) is 33.1 Å². The van der Waals surface area contributed by atoms with Crippen LogP contribution in [0.15, 0.2) is 12.2 Å². The fourth-order valence-corrected chi connectivity index (χ4v) is 1.99. The molecule has 0 saturated heterocycles. The number of carbonyl (C=O) groups excluding carboxylic acids is 2. The summed E-state index contributed by atoms with van der Waals surface area (Å²) in [5.41, 5.74) is 0. The molecule has 2 amide bonds. The Morgan fingerprint density at radius 1 is 1.41 bits per heavy atom. The molecule has 0 aromatic heterocycles. The lowest BCUT2D eigenvalue weighted by Crippen LogP contribution is -2.42. The van der Waals surface area contributed by atoms with E-state index >= 15 is 0 Å². The molecule has 0 saturated carbocycles. The van der Waals surface area contributed by atoms with Gasteiger partial charge in [0.05, 0.1) is 6.54 Å². The highest BCUT2D eigenvalue weighted by molar-refractivity contribution is 5.85. The Labute approximate surface area is 103 Å². The summed E-state index contributed by atoms with van der Waals surface area (Å²) in [7, 11) is 1.70. The van der Waals surface area contributed by atoms with Crippen molar-refractivity contribution >= 4 is 11.8 Å². The number of likely N-dealkylation sites (N-methyl/N-ethyl adjacent to an activating group) is 1. The molecule has 0 aromatic carbocycles. The predicted molar refractivity (Wildman–Crippen MR) is 67.4 cm³/mol. The Balaban J connectivity index is 2.41. The Kier molecular flexibility index (Phi) is 5.19. The Morgan fingerprint density at radius 3 is 2.65 bits per heavy atom. The zero-order chi connectivity index (χ0) is 12.8. The van der Waals surface area contributed by atoms with E-state index in [9.17, 15) is 9.59 Å². The molecule has 0 bridgehead atoms. The second kappa shape index (κ2) is 6.42. The molecule has 0 aliphatic heterocycles. The number of allylic oxidation sites excluding steroid dienone is 2. The monoisotopic (exact) mass is 238 g/mol. The van der Waals surface area contributed by atoms with E-state index in [-0.39, 0.29) is 30.3 Å². The molecular weight excluding hydrogens is 216 g/mol. The summed E-state index contributed by atoms with van der Waals surface area (Å²) in [6.07, 6.45) is 6.81. The lowest BCUT2D eigenvalue weighted by atomic mass is 9.93. The maximum absolute atomic E-state index is 12.0. The number of hydrogen-bond donors (Lipinski definition) is 1. The van der Waals surface area contributed by atoms with Gasteiger partial charge < -0.3 is 10.2 Å². The summed E-state index contributed by atoms with van der Waals surface area (Å²) in [6.45, 7) is 3.97.